The van der Waals surface area contributed by atoms with E-state index in [1.54, 1.807) is 12.1 Å². The van der Waals surface area contributed by atoms with Crippen LogP contribution in [0.4, 0.5) is 10.5 Å². The van der Waals surface area contributed by atoms with Crippen molar-refractivity contribution in [3.63, 3.8) is 0 Å². The van der Waals surface area contributed by atoms with E-state index in [0.717, 1.165) is 42.2 Å². The van der Waals surface area contributed by atoms with Crippen LogP contribution in [0.5, 0.6) is 0 Å². The number of hydrogen-bond donors (Lipinski definition) is 1. The fourth-order valence-corrected chi connectivity index (χ4v) is 4.44. The first-order valence-electron chi connectivity index (χ1n) is 10.8. The number of fused-ring (bicyclic) bond motifs is 1. The number of pyridine rings is 1. The molecule has 1 fully saturated rings. The predicted octanol–water partition coefficient (Wildman–Crippen LogP) is 5.66. The molecule has 0 radical (unpaired) electrons. The van der Waals surface area contributed by atoms with Crippen molar-refractivity contribution in [2.24, 2.45) is 0 Å². The topological polar surface area (TPSA) is 52.9 Å². The van der Waals surface area contributed by atoms with Gasteiger partial charge in [0.05, 0.1) is 11.4 Å². The van der Waals surface area contributed by atoms with E-state index in [9.17, 15) is 4.79 Å². The Hall–Kier alpha value is -3.06. The van der Waals surface area contributed by atoms with Crippen LogP contribution in [0.2, 0.25) is 10.0 Å². The summed E-state index contributed by atoms with van der Waals surface area (Å²) in [4.78, 5) is 21.8. The highest BCUT2D eigenvalue weighted by Crippen LogP contribution is 2.27. The van der Waals surface area contributed by atoms with Crippen LogP contribution in [0, 0.1) is 0 Å². The van der Waals surface area contributed by atoms with Gasteiger partial charge >= 0.3 is 6.03 Å². The minimum Gasteiger partial charge on any atom is -0.322 e. The fraction of sp³-hybridized carbons (Fsp3) is 0.200. The molecule has 2 aromatic heterocycles. The molecule has 6 nitrogen and oxygen atoms in total. The van der Waals surface area contributed by atoms with Gasteiger partial charge in [0.1, 0.15) is 5.65 Å². The molecular weight excluding hydrogens is 457 g/mol. The molecule has 1 N–H and O–H groups in total. The van der Waals surface area contributed by atoms with Gasteiger partial charge in [-0.25, -0.2) is 9.78 Å². The third kappa shape index (κ3) is 4.83. The fourth-order valence-electron chi connectivity index (χ4n) is 4.13. The Morgan fingerprint density at radius 1 is 0.909 bits per heavy atom. The maximum absolute atomic E-state index is 12.7. The SMILES string of the molecule is O=C(Nc1cccc(Cl)c1)N1CCN(Cc2c(-c3ccc(Cl)cc3)nc3ccccn23)CC1. The summed E-state index contributed by atoms with van der Waals surface area (Å²) >= 11 is 12.1. The zero-order valence-electron chi connectivity index (χ0n) is 17.9. The van der Waals surface area contributed by atoms with Crippen molar-refractivity contribution in [2.75, 3.05) is 31.5 Å². The van der Waals surface area contributed by atoms with Crippen LogP contribution in [0.15, 0.2) is 72.9 Å². The van der Waals surface area contributed by atoms with E-state index >= 15 is 0 Å². The summed E-state index contributed by atoms with van der Waals surface area (Å²) in [6.45, 7) is 3.61. The number of anilines is 1. The van der Waals surface area contributed by atoms with Crippen molar-refractivity contribution in [1.82, 2.24) is 19.2 Å². The van der Waals surface area contributed by atoms with Crippen LogP contribution in [-0.2, 0) is 6.54 Å². The van der Waals surface area contributed by atoms with Gasteiger partial charge in [-0.3, -0.25) is 4.90 Å². The standard InChI is InChI=1S/C25H23Cl2N5O/c26-19-9-7-18(8-10-19)24-22(32-11-2-1-6-23(32)29-24)17-30-12-14-31(15-13-30)25(33)28-21-5-3-4-20(27)16-21/h1-11,16H,12-15,17H2,(H,28,33). The van der Waals surface area contributed by atoms with Crippen LogP contribution in [-0.4, -0.2) is 51.4 Å². The number of imidazole rings is 1. The van der Waals surface area contributed by atoms with E-state index in [0.29, 0.717) is 28.8 Å². The quantitative estimate of drug-likeness (QED) is 0.410. The Balaban J connectivity index is 1.30. The van der Waals surface area contributed by atoms with Gasteiger partial charge in [-0.1, -0.05) is 47.5 Å². The summed E-state index contributed by atoms with van der Waals surface area (Å²) in [5.74, 6) is 0. The number of carbonyl (C=O) groups excluding carboxylic acids is 1. The molecule has 1 aliphatic heterocycles. The first-order valence-corrected chi connectivity index (χ1v) is 11.6. The van der Waals surface area contributed by atoms with Crippen molar-refractivity contribution >= 4 is 40.6 Å². The normalized spacial score (nSPS) is 14.5. The summed E-state index contributed by atoms with van der Waals surface area (Å²) in [5.41, 5.74) is 4.74. The maximum Gasteiger partial charge on any atom is 0.321 e. The van der Waals surface area contributed by atoms with Crippen molar-refractivity contribution < 1.29 is 4.79 Å². The number of nitrogens with one attached hydrogen (secondary N) is 1. The zero-order chi connectivity index (χ0) is 22.8. The predicted molar refractivity (Wildman–Crippen MR) is 133 cm³/mol. The highest BCUT2D eigenvalue weighted by Gasteiger charge is 2.24. The Morgan fingerprint density at radius 2 is 1.70 bits per heavy atom. The lowest BCUT2D eigenvalue weighted by Crippen LogP contribution is -2.49. The molecule has 1 saturated heterocycles. The second kappa shape index (κ2) is 9.43. The zero-order valence-corrected chi connectivity index (χ0v) is 19.4. The van der Waals surface area contributed by atoms with E-state index in [4.69, 9.17) is 28.2 Å². The number of amides is 2. The van der Waals surface area contributed by atoms with Crippen molar-refractivity contribution in [2.45, 2.75) is 6.54 Å². The third-order valence-electron chi connectivity index (χ3n) is 5.86. The average molecular weight is 480 g/mol. The highest BCUT2D eigenvalue weighted by atomic mass is 35.5. The number of carbonyl (C=O) groups is 1. The Morgan fingerprint density at radius 3 is 2.45 bits per heavy atom. The average Bonchev–Trinajstić information content (AvgIpc) is 3.18. The van der Waals surface area contributed by atoms with E-state index in [1.807, 2.05) is 65.7 Å². The molecule has 0 unspecified atom stereocenters. The number of rotatable bonds is 4. The van der Waals surface area contributed by atoms with Crippen molar-refractivity contribution in [1.29, 1.82) is 0 Å². The van der Waals surface area contributed by atoms with Crippen LogP contribution in [0.3, 0.4) is 0 Å². The minimum atomic E-state index is -0.103. The van der Waals surface area contributed by atoms with Crippen LogP contribution in [0.1, 0.15) is 5.69 Å². The Kier molecular flexibility index (Phi) is 6.22. The van der Waals surface area contributed by atoms with Crippen molar-refractivity contribution in [3.05, 3.63) is 88.7 Å². The number of halogens is 2. The largest absolute Gasteiger partial charge is 0.322 e. The second-order valence-electron chi connectivity index (χ2n) is 8.05. The highest BCUT2D eigenvalue weighted by molar-refractivity contribution is 6.31. The van der Waals surface area contributed by atoms with Gasteiger partial charge < -0.3 is 14.6 Å². The molecule has 2 amide bonds. The molecule has 4 aromatic rings. The summed E-state index contributed by atoms with van der Waals surface area (Å²) < 4.78 is 2.14. The molecule has 3 heterocycles. The summed E-state index contributed by atoms with van der Waals surface area (Å²) in [5, 5.41) is 4.24. The van der Waals surface area contributed by atoms with Gasteiger partial charge in [-0.05, 0) is 42.5 Å². The molecule has 5 rings (SSSR count). The molecule has 33 heavy (non-hydrogen) atoms. The van der Waals surface area contributed by atoms with Gasteiger partial charge in [0.25, 0.3) is 0 Å². The minimum absolute atomic E-state index is 0.103. The molecule has 2 aromatic carbocycles. The maximum atomic E-state index is 12.7. The monoisotopic (exact) mass is 479 g/mol. The van der Waals surface area contributed by atoms with Crippen LogP contribution < -0.4 is 5.32 Å². The first-order chi connectivity index (χ1) is 16.1. The summed E-state index contributed by atoms with van der Waals surface area (Å²) in [7, 11) is 0. The van der Waals surface area contributed by atoms with E-state index in [-0.39, 0.29) is 6.03 Å². The van der Waals surface area contributed by atoms with Gasteiger partial charge in [0, 0.05) is 60.2 Å². The Labute approximate surface area is 202 Å². The molecule has 168 valence electrons. The third-order valence-corrected chi connectivity index (χ3v) is 6.34. The van der Waals surface area contributed by atoms with Gasteiger partial charge in [0.2, 0.25) is 0 Å². The first kappa shape index (κ1) is 21.8. The number of hydrogen-bond acceptors (Lipinski definition) is 3. The summed E-state index contributed by atoms with van der Waals surface area (Å²) in [6, 6.07) is 20.9. The molecular formula is C25H23Cl2N5O. The van der Waals surface area contributed by atoms with E-state index < -0.39 is 0 Å². The lowest BCUT2D eigenvalue weighted by Gasteiger charge is -2.34. The number of nitrogens with zero attached hydrogens (tertiary/aromatic N) is 4. The van der Waals surface area contributed by atoms with E-state index in [1.165, 1.54) is 0 Å². The summed E-state index contributed by atoms with van der Waals surface area (Å²) in [6.07, 6.45) is 2.05. The molecule has 8 heteroatoms. The smallest absolute Gasteiger partial charge is 0.321 e. The lowest BCUT2D eigenvalue weighted by atomic mass is 10.1. The van der Waals surface area contributed by atoms with Gasteiger partial charge in [0.15, 0.2) is 0 Å². The molecule has 0 aliphatic carbocycles. The van der Waals surface area contributed by atoms with Crippen LogP contribution >= 0.6 is 23.2 Å². The molecule has 0 bridgehead atoms. The molecule has 0 saturated carbocycles. The van der Waals surface area contributed by atoms with Crippen molar-refractivity contribution in [3.8, 4) is 11.3 Å². The number of benzene rings is 2. The lowest BCUT2D eigenvalue weighted by molar-refractivity contribution is 0.142. The second-order valence-corrected chi connectivity index (χ2v) is 8.92. The number of aromatic nitrogens is 2. The molecule has 0 spiro atoms. The molecule has 1 aliphatic rings. The van der Waals surface area contributed by atoms with Gasteiger partial charge in [-0.15, -0.1) is 0 Å². The number of piperazine rings is 1. The molecule has 0 atom stereocenters. The van der Waals surface area contributed by atoms with Gasteiger partial charge in [-0.2, -0.15) is 0 Å². The van der Waals surface area contributed by atoms with E-state index in [2.05, 4.69) is 14.6 Å². The van der Waals surface area contributed by atoms with Crippen LogP contribution in [0.25, 0.3) is 16.9 Å². The number of urea groups is 1. The Bertz CT molecular complexity index is 1280.